The molecule has 3 heterocycles. The lowest BCUT2D eigenvalue weighted by molar-refractivity contribution is 0.0857. The summed E-state index contributed by atoms with van der Waals surface area (Å²) in [4.78, 5) is 22.9. The Labute approximate surface area is 124 Å². The van der Waals surface area contributed by atoms with E-state index in [0.717, 1.165) is 38.5 Å². The zero-order valence-electron chi connectivity index (χ0n) is 12.3. The highest BCUT2D eigenvalue weighted by atomic mass is 16.5. The van der Waals surface area contributed by atoms with Crippen LogP contribution in [0.3, 0.4) is 0 Å². The van der Waals surface area contributed by atoms with Gasteiger partial charge in [-0.2, -0.15) is 0 Å². The summed E-state index contributed by atoms with van der Waals surface area (Å²) < 4.78 is 5.49. The number of ether oxygens (including phenoxy) is 1. The number of anilines is 1. The molecule has 1 N–H and O–H groups in total. The first-order valence-electron chi connectivity index (χ1n) is 7.80. The van der Waals surface area contributed by atoms with Gasteiger partial charge >= 0.3 is 0 Å². The fraction of sp³-hybridized carbons (Fsp3) is 0.667. The number of nitrogens with one attached hydrogen (secondary N) is 1. The number of aromatic nitrogens is 2. The Kier molecular flexibility index (Phi) is 4.65. The maximum Gasteiger partial charge on any atom is 0.254 e. The SMILES string of the molecule is O=C(NCC1CCCO1)c1cnc(N2CCCCC2)nc1. The van der Waals surface area contributed by atoms with Crippen LogP contribution in [0.25, 0.3) is 0 Å². The molecular formula is C15H22N4O2. The molecule has 1 aromatic heterocycles. The Morgan fingerprint density at radius 2 is 2.00 bits per heavy atom. The van der Waals surface area contributed by atoms with E-state index in [1.54, 1.807) is 12.4 Å². The van der Waals surface area contributed by atoms with E-state index in [1.165, 1.54) is 19.3 Å². The Hall–Kier alpha value is -1.69. The topological polar surface area (TPSA) is 67.3 Å². The molecule has 21 heavy (non-hydrogen) atoms. The first-order chi connectivity index (χ1) is 10.3. The Bertz CT molecular complexity index is 465. The number of nitrogens with zero attached hydrogens (tertiary/aromatic N) is 3. The van der Waals surface area contributed by atoms with E-state index in [9.17, 15) is 4.79 Å². The number of rotatable bonds is 4. The van der Waals surface area contributed by atoms with Crippen LogP contribution >= 0.6 is 0 Å². The van der Waals surface area contributed by atoms with Crippen LogP contribution in [0.2, 0.25) is 0 Å². The van der Waals surface area contributed by atoms with Crippen LogP contribution in [0, 0.1) is 0 Å². The third-order valence-corrected chi connectivity index (χ3v) is 4.05. The second-order valence-corrected chi connectivity index (χ2v) is 5.66. The quantitative estimate of drug-likeness (QED) is 0.907. The van der Waals surface area contributed by atoms with Crippen molar-refractivity contribution < 1.29 is 9.53 Å². The van der Waals surface area contributed by atoms with Crippen molar-refractivity contribution in [3.05, 3.63) is 18.0 Å². The van der Waals surface area contributed by atoms with E-state index in [0.29, 0.717) is 12.1 Å². The van der Waals surface area contributed by atoms with Gasteiger partial charge in [-0.25, -0.2) is 9.97 Å². The molecule has 0 radical (unpaired) electrons. The van der Waals surface area contributed by atoms with Crippen LogP contribution in [0.15, 0.2) is 12.4 Å². The van der Waals surface area contributed by atoms with Gasteiger partial charge in [0.15, 0.2) is 0 Å². The summed E-state index contributed by atoms with van der Waals surface area (Å²) in [6.07, 6.45) is 9.13. The second-order valence-electron chi connectivity index (χ2n) is 5.66. The lowest BCUT2D eigenvalue weighted by atomic mass is 10.1. The van der Waals surface area contributed by atoms with E-state index in [2.05, 4.69) is 20.2 Å². The van der Waals surface area contributed by atoms with Gasteiger partial charge in [-0.05, 0) is 32.1 Å². The number of carbonyl (C=O) groups excluding carboxylic acids is 1. The summed E-state index contributed by atoms with van der Waals surface area (Å²) in [5.41, 5.74) is 0.508. The molecule has 1 atom stereocenters. The molecule has 0 aliphatic carbocycles. The summed E-state index contributed by atoms with van der Waals surface area (Å²) in [6.45, 7) is 3.37. The molecule has 0 spiro atoms. The molecule has 0 saturated carbocycles. The van der Waals surface area contributed by atoms with Crippen LogP contribution in [0.1, 0.15) is 42.5 Å². The van der Waals surface area contributed by atoms with Gasteiger partial charge in [-0.1, -0.05) is 0 Å². The largest absolute Gasteiger partial charge is 0.376 e. The van der Waals surface area contributed by atoms with Crippen LogP contribution in [-0.4, -0.2) is 48.2 Å². The molecular weight excluding hydrogens is 268 g/mol. The normalized spacial score (nSPS) is 22.3. The average molecular weight is 290 g/mol. The molecule has 2 fully saturated rings. The Morgan fingerprint density at radius 3 is 2.67 bits per heavy atom. The number of amides is 1. The number of hydrogen-bond acceptors (Lipinski definition) is 5. The van der Waals surface area contributed by atoms with Gasteiger partial charge < -0.3 is 15.0 Å². The van der Waals surface area contributed by atoms with Crippen molar-refractivity contribution in [2.45, 2.75) is 38.2 Å². The number of hydrogen-bond donors (Lipinski definition) is 1. The van der Waals surface area contributed by atoms with Crippen molar-refractivity contribution >= 4 is 11.9 Å². The van der Waals surface area contributed by atoms with Gasteiger partial charge in [0.05, 0.1) is 11.7 Å². The van der Waals surface area contributed by atoms with E-state index >= 15 is 0 Å². The highest BCUT2D eigenvalue weighted by molar-refractivity contribution is 5.93. The highest BCUT2D eigenvalue weighted by Crippen LogP contribution is 2.15. The van der Waals surface area contributed by atoms with Gasteiger partial charge in [-0.15, -0.1) is 0 Å². The smallest absolute Gasteiger partial charge is 0.254 e. The third-order valence-electron chi connectivity index (χ3n) is 4.05. The van der Waals surface area contributed by atoms with Crippen LogP contribution in [0.4, 0.5) is 5.95 Å². The van der Waals surface area contributed by atoms with E-state index in [4.69, 9.17) is 4.74 Å². The predicted molar refractivity (Wildman–Crippen MR) is 79.4 cm³/mol. The molecule has 1 aromatic rings. The maximum atomic E-state index is 12.0. The zero-order valence-corrected chi connectivity index (χ0v) is 12.3. The van der Waals surface area contributed by atoms with Gasteiger partial charge in [-0.3, -0.25) is 4.79 Å². The summed E-state index contributed by atoms with van der Waals surface area (Å²) in [6, 6.07) is 0. The lowest BCUT2D eigenvalue weighted by Gasteiger charge is -2.26. The first-order valence-corrected chi connectivity index (χ1v) is 7.80. The first kappa shape index (κ1) is 14.3. The zero-order chi connectivity index (χ0) is 14.5. The van der Waals surface area contributed by atoms with E-state index < -0.39 is 0 Å². The Balaban J connectivity index is 1.54. The summed E-state index contributed by atoms with van der Waals surface area (Å²) in [5.74, 6) is 0.598. The maximum absolute atomic E-state index is 12.0. The monoisotopic (exact) mass is 290 g/mol. The molecule has 3 rings (SSSR count). The van der Waals surface area contributed by atoms with Crippen molar-refractivity contribution in [1.29, 1.82) is 0 Å². The molecule has 2 aliphatic rings. The van der Waals surface area contributed by atoms with Gasteiger partial charge in [0, 0.05) is 38.6 Å². The van der Waals surface area contributed by atoms with Crippen molar-refractivity contribution in [3.8, 4) is 0 Å². The van der Waals surface area contributed by atoms with Crippen molar-refractivity contribution in [2.75, 3.05) is 31.1 Å². The fourth-order valence-electron chi connectivity index (χ4n) is 2.81. The molecule has 0 bridgehead atoms. The molecule has 0 aromatic carbocycles. The molecule has 6 nitrogen and oxygen atoms in total. The minimum atomic E-state index is -0.129. The molecule has 1 unspecified atom stereocenters. The number of carbonyl (C=O) groups is 1. The van der Waals surface area contributed by atoms with Crippen molar-refractivity contribution in [2.24, 2.45) is 0 Å². The molecule has 6 heteroatoms. The van der Waals surface area contributed by atoms with Crippen molar-refractivity contribution in [1.82, 2.24) is 15.3 Å². The molecule has 2 saturated heterocycles. The second kappa shape index (κ2) is 6.85. The standard InChI is InChI=1S/C15H22N4O2/c20-14(16-11-13-5-4-8-21-13)12-9-17-15(18-10-12)19-6-2-1-3-7-19/h9-10,13H,1-8,11H2,(H,16,20). The van der Waals surface area contributed by atoms with Crippen LogP contribution in [-0.2, 0) is 4.74 Å². The highest BCUT2D eigenvalue weighted by Gasteiger charge is 2.18. The van der Waals surface area contributed by atoms with E-state index in [1.807, 2.05) is 0 Å². The average Bonchev–Trinajstić information content (AvgIpc) is 3.07. The lowest BCUT2D eigenvalue weighted by Crippen LogP contribution is -2.33. The van der Waals surface area contributed by atoms with Gasteiger partial charge in [0.1, 0.15) is 0 Å². The summed E-state index contributed by atoms with van der Waals surface area (Å²) in [7, 11) is 0. The van der Waals surface area contributed by atoms with E-state index in [-0.39, 0.29) is 12.0 Å². The Morgan fingerprint density at radius 1 is 1.24 bits per heavy atom. The summed E-state index contributed by atoms with van der Waals surface area (Å²) >= 11 is 0. The minimum absolute atomic E-state index is 0.129. The third kappa shape index (κ3) is 3.69. The minimum Gasteiger partial charge on any atom is -0.376 e. The van der Waals surface area contributed by atoms with Gasteiger partial charge in [0.25, 0.3) is 5.91 Å². The summed E-state index contributed by atoms with van der Waals surface area (Å²) in [5, 5.41) is 2.88. The molecule has 2 aliphatic heterocycles. The molecule has 1 amide bonds. The molecule has 114 valence electrons. The fourth-order valence-corrected chi connectivity index (χ4v) is 2.81. The van der Waals surface area contributed by atoms with Crippen molar-refractivity contribution in [3.63, 3.8) is 0 Å². The van der Waals surface area contributed by atoms with Gasteiger partial charge in [0.2, 0.25) is 5.95 Å². The van der Waals surface area contributed by atoms with Crippen LogP contribution in [0.5, 0.6) is 0 Å². The predicted octanol–water partition coefficient (Wildman–Crippen LogP) is 1.38. The van der Waals surface area contributed by atoms with Crippen LogP contribution < -0.4 is 10.2 Å². The number of piperidine rings is 1.